The average molecular weight is 317 g/mol. The Labute approximate surface area is 133 Å². The highest BCUT2D eigenvalue weighted by atomic mass is 16.4. The zero-order valence-electron chi connectivity index (χ0n) is 13.5. The molecule has 0 atom stereocenters. The maximum atomic E-state index is 11.6. The van der Waals surface area contributed by atoms with E-state index in [1.807, 2.05) is 19.9 Å². The van der Waals surface area contributed by atoms with E-state index in [-0.39, 0.29) is 17.7 Å². The lowest BCUT2D eigenvalue weighted by Crippen LogP contribution is -2.15. The van der Waals surface area contributed by atoms with E-state index in [0.717, 1.165) is 11.3 Å². The van der Waals surface area contributed by atoms with Crippen LogP contribution in [0.2, 0.25) is 0 Å². The molecule has 0 fully saturated rings. The molecule has 0 radical (unpaired) electrons. The second kappa shape index (κ2) is 6.16. The molecule has 23 heavy (non-hydrogen) atoms. The van der Waals surface area contributed by atoms with Crippen LogP contribution < -0.4 is 5.32 Å². The number of rotatable bonds is 5. The maximum absolute atomic E-state index is 11.6. The molecule has 0 spiro atoms. The Morgan fingerprint density at radius 2 is 1.70 bits per heavy atom. The van der Waals surface area contributed by atoms with Gasteiger partial charge >= 0.3 is 11.9 Å². The monoisotopic (exact) mass is 317 g/mol. The van der Waals surface area contributed by atoms with Gasteiger partial charge in [-0.3, -0.25) is 0 Å². The van der Waals surface area contributed by atoms with Gasteiger partial charge in [-0.15, -0.1) is 0 Å². The summed E-state index contributed by atoms with van der Waals surface area (Å²) in [5, 5.41) is 21.7. The lowest BCUT2D eigenvalue weighted by molar-refractivity contribution is 0.0652. The summed E-state index contributed by atoms with van der Waals surface area (Å²) in [5.74, 6) is -1.08. The Hall–Kier alpha value is -2.76. The summed E-state index contributed by atoms with van der Waals surface area (Å²) in [6, 6.07) is 3.25. The molecule has 0 saturated carbocycles. The fraction of sp³-hybridized carbons (Fsp3) is 0.294. The van der Waals surface area contributed by atoms with E-state index < -0.39 is 11.9 Å². The number of hydrogen-bond acceptors (Lipinski definition) is 4. The molecule has 1 aromatic heterocycles. The normalized spacial score (nSPS) is 10.6. The number of aromatic carboxylic acids is 2. The first-order chi connectivity index (χ1) is 10.7. The van der Waals surface area contributed by atoms with E-state index in [1.54, 1.807) is 13.8 Å². The maximum Gasteiger partial charge on any atom is 0.338 e. The smallest absolute Gasteiger partial charge is 0.338 e. The third kappa shape index (κ3) is 3.21. The number of anilines is 1. The zero-order chi connectivity index (χ0) is 17.3. The zero-order valence-corrected chi connectivity index (χ0v) is 13.5. The van der Waals surface area contributed by atoms with Crippen LogP contribution in [0.4, 0.5) is 5.69 Å². The first kappa shape index (κ1) is 16.6. The number of carboxylic acids is 2. The van der Waals surface area contributed by atoms with Gasteiger partial charge in [0.25, 0.3) is 0 Å². The highest BCUT2D eigenvalue weighted by Crippen LogP contribution is 2.29. The molecule has 122 valence electrons. The highest BCUT2D eigenvalue weighted by Gasteiger charge is 2.23. The topological polar surface area (TPSA) is 99.8 Å². The minimum atomic E-state index is -1.28. The molecule has 0 saturated heterocycles. The lowest BCUT2D eigenvalue weighted by Gasteiger charge is -2.16. The predicted octanol–water partition coefficient (Wildman–Crippen LogP) is 3.52. The Morgan fingerprint density at radius 3 is 2.17 bits per heavy atom. The van der Waals surface area contributed by atoms with Crippen LogP contribution in [0.25, 0.3) is 0 Å². The molecule has 0 unspecified atom stereocenters. The van der Waals surface area contributed by atoms with Crippen molar-refractivity contribution in [1.29, 1.82) is 0 Å². The molecule has 0 amide bonds. The second-order valence-electron chi connectivity index (χ2n) is 5.53. The van der Waals surface area contributed by atoms with Gasteiger partial charge in [-0.05, 0) is 56.5 Å². The molecule has 0 aliphatic carbocycles. The predicted molar refractivity (Wildman–Crippen MR) is 85.3 cm³/mol. The molecule has 3 N–H and O–H groups in total. The van der Waals surface area contributed by atoms with Crippen molar-refractivity contribution in [3.05, 3.63) is 51.5 Å². The number of aryl methyl sites for hydroxylation is 3. The van der Waals surface area contributed by atoms with Crippen molar-refractivity contribution < 1.29 is 24.2 Å². The van der Waals surface area contributed by atoms with E-state index in [9.17, 15) is 19.8 Å². The summed E-state index contributed by atoms with van der Waals surface area (Å²) >= 11 is 0. The molecule has 6 heteroatoms. The van der Waals surface area contributed by atoms with Gasteiger partial charge in [-0.25, -0.2) is 9.59 Å². The standard InChI is InChI=1S/C17H19NO5/c1-8-6-13(16(19)20)14(17(21)22)15(10(8)3)18-7-12-5-9(2)11(4)23-12/h5-6,18H,7H2,1-4H3,(H,19,20)(H,21,22). The largest absolute Gasteiger partial charge is 0.478 e. The summed E-state index contributed by atoms with van der Waals surface area (Å²) in [5.41, 5.74) is 2.26. The number of hydrogen-bond donors (Lipinski definition) is 3. The number of carboxylic acid groups (broad SMARTS) is 2. The minimum absolute atomic E-state index is 0.227. The molecule has 2 aromatic rings. The SMILES string of the molecule is Cc1cc(CNc2c(C)c(C)cc(C(=O)O)c2C(=O)O)oc1C. The third-order valence-corrected chi connectivity index (χ3v) is 3.95. The van der Waals surface area contributed by atoms with Crippen molar-refractivity contribution >= 4 is 17.6 Å². The van der Waals surface area contributed by atoms with Gasteiger partial charge in [0.2, 0.25) is 0 Å². The van der Waals surface area contributed by atoms with Crippen molar-refractivity contribution in [1.82, 2.24) is 0 Å². The molecule has 0 aliphatic heterocycles. The summed E-state index contributed by atoms with van der Waals surface area (Å²) in [7, 11) is 0. The Kier molecular flexibility index (Phi) is 4.45. The van der Waals surface area contributed by atoms with Gasteiger partial charge in [0.05, 0.1) is 23.4 Å². The van der Waals surface area contributed by atoms with Crippen molar-refractivity contribution in [2.75, 3.05) is 5.32 Å². The van der Waals surface area contributed by atoms with E-state index in [2.05, 4.69) is 5.32 Å². The van der Waals surface area contributed by atoms with E-state index in [4.69, 9.17) is 4.42 Å². The van der Waals surface area contributed by atoms with E-state index >= 15 is 0 Å². The van der Waals surface area contributed by atoms with Gasteiger partial charge < -0.3 is 19.9 Å². The summed E-state index contributed by atoms with van der Waals surface area (Å²) in [4.78, 5) is 22.9. The molecule has 2 rings (SSSR count). The van der Waals surface area contributed by atoms with Gasteiger partial charge in [0, 0.05) is 0 Å². The Morgan fingerprint density at radius 1 is 1.04 bits per heavy atom. The minimum Gasteiger partial charge on any atom is -0.478 e. The first-order valence-corrected chi connectivity index (χ1v) is 7.13. The van der Waals surface area contributed by atoms with Crippen molar-refractivity contribution in [3.8, 4) is 0 Å². The summed E-state index contributed by atoms with van der Waals surface area (Å²) in [6.07, 6.45) is 0. The number of nitrogens with one attached hydrogen (secondary N) is 1. The highest BCUT2D eigenvalue weighted by molar-refractivity contribution is 6.06. The molecular weight excluding hydrogens is 298 g/mol. The second-order valence-corrected chi connectivity index (χ2v) is 5.53. The molecule has 6 nitrogen and oxygen atoms in total. The summed E-state index contributed by atoms with van der Waals surface area (Å²) < 4.78 is 5.56. The molecule has 1 heterocycles. The number of furan rings is 1. The van der Waals surface area contributed by atoms with Gasteiger partial charge in [-0.2, -0.15) is 0 Å². The van der Waals surface area contributed by atoms with Crippen LogP contribution in [0, 0.1) is 27.7 Å². The fourth-order valence-corrected chi connectivity index (χ4v) is 2.44. The van der Waals surface area contributed by atoms with E-state index in [1.165, 1.54) is 6.07 Å². The van der Waals surface area contributed by atoms with E-state index in [0.29, 0.717) is 22.6 Å². The fourth-order valence-electron chi connectivity index (χ4n) is 2.44. The Balaban J connectivity index is 2.47. The van der Waals surface area contributed by atoms with Crippen LogP contribution in [0.5, 0.6) is 0 Å². The van der Waals surface area contributed by atoms with Crippen molar-refractivity contribution in [2.45, 2.75) is 34.2 Å². The van der Waals surface area contributed by atoms with Gasteiger partial charge in [0.1, 0.15) is 11.5 Å². The van der Waals surface area contributed by atoms with Gasteiger partial charge in [-0.1, -0.05) is 0 Å². The van der Waals surface area contributed by atoms with Crippen molar-refractivity contribution in [2.24, 2.45) is 0 Å². The van der Waals surface area contributed by atoms with Crippen molar-refractivity contribution in [3.63, 3.8) is 0 Å². The van der Waals surface area contributed by atoms with Crippen LogP contribution in [-0.2, 0) is 6.54 Å². The van der Waals surface area contributed by atoms with Crippen LogP contribution in [0.1, 0.15) is 48.9 Å². The average Bonchev–Trinajstić information content (AvgIpc) is 2.78. The number of benzene rings is 1. The summed E-state index contributed by atoms with van der Waals surface area (Å²) in [6.45, 7) is 7.56. The first-order valence-electron chi connectivity index (χ1n) is 7.13. The molecule has 0 bridgehead atoms. The van der Waals surface area contributed by atoms with Crippen LogP contribution in [0.3, 0.4) is 0 Å². The third-order valence-electron chi connectivity index (χ3n) is 3.95. The quantitative estimate of drug-likeness (QED) is 0.780. The van der Waals surface area contributed by atoms with Crippen LogP contribution in [0.15, 0.2) is 16.5 Å². The lowest BCUT2D eigenvalue weighted by atomic mass is 9.96. The molecule has 0 aliphatic rings. The van der Waals surface area contributed by atoms with Crippen LogP contribution >= 0.6 is 0 Å². The molecular formula is C17H19NO5. The van der Waals surface area contributed by atoms with Crippen LogP contribution in [-0.4, -0.2) is 22.2 Å². The molecule has 1 aromatic carbocycles. The number of carbonyl (C=O) groups is 2. The Bertz CT molecular complexity index is 769. The van der Waals surface area contributed by atoms with Gasteiger partial charge in [0.15, 0.2) is 0 Å².